The van der Waals surface area contributed by atoms with E-state index in [9.17, 15) is 0 Å². The van der Waals surface area contributed by atoms with E-state index in [1.54, 1.807) is 0 Å². The van der Waals surface area contributed by atoms with E-state index in [4.69, 9.17) is 9.26 Å². The first-order valence-corrected chi connectivity index (χ1v) is 7.16. The molecule has 3 rings (SSSR count). The van der Waals surface area contributed by atoms with E-state index >= 15 is 0 Å². The van der Waals surface area contributed by atoms with Gasteiger partial charge in [0.15, 0.2) is 5.58 Å². The summed E-state index contributed by atoms with van der Waals surface area (Å²) in [7, 11) is 0. The zero-order valence-electron chi connectivity index (χ0n) is 11.0. The lowest BCUT2D eigenvalue weighted by Gasteiger charge is -2.06. The lowest BCUT2D eigenvalue weighted by atomic mass is 10.2. The van der Waals surface area contributed by atoms with Gasteiger partial charge in [-0.1, -0.05) is 35.5 Å². The Kier molecular flexibility index (Phi) is 3.92. The maximum Gasteiger partial charge on any atom is 0.167 e. The van der Waals surface area contributed by atoms with Crippen molar-refractivity contribution in [1.29, 1.82) is 0 Å². The summed E-state index contributed by atoms with van der Waals surface area (Å²) in [5, 5.41) is 5.07. The van der Waals surface area contributed by atoms with Crippen molar-refractivity contribution in [3.05, 3.63) is 59.8 Å². The third kappa shape index (κ3) is 2.80. The van der Waals surface area contributed by atoms with Crippen molar-refractivity contribution in [2.75, 3.05) is 5.75 Å². The Hall–Kier alpha value is -1.94. The van der Waals surface area contributed by atoms with E-state index in [1.165, 1.54) is 0 Å². The van der Waals surface area contributed by atoms with Gasteiger partial charge in [0.25, 0.3) is 0 Å². The number of thiol groups is 1. The third-order valence-electron chi connectivity index (χ3n) is 3.11. The number of fused-ring (bicyclic) bond motifs is 1. The summed E-state index contributed by atoms with van der Waals surface area (Å²) in [6.45, 7) is 0.555. The molecule has 0 unspecified atom stereocenters. The Labute approximate surface area is 122 Å². The molecule has 0 spiro atoms. The molecule has 0 fully saturated rings. The number of aromatic nitrogens is 1. The molecule has 2 aromatic carbocycles. The van der Waals surface area contributed by atoms with Crippen molar-refractivity contribution in [1.82, 2.24) is 5.16 Å². The van der Waals surface area contributed by atoms with Crippen LogP contribution in [0.3, 0.4) is 0 Å². The Bertz CT molecular complexity index is 694. The molecule has 0 radical (unpaired) electrons. The van der Waals surface area contributed by atoms with E-state index in [-0.39, 0.29) is 0 Å². The molecule has 0 aliphatic carbocycles. The van der Waals surface area contributed by atoms with Gasteiger partial charge in [0, 0.05) is 11.8 Å². The lowest BCUT2D eigenvalue weighted by molar-refractivity contribution is 0.306. The van der Waals surface area contributed by atoms with Gasteiger partial charge in [-0.15, -0.1) is 0 Å². The summed E-state index contributed by atoms with van der Waals surface area (Å²) in [4.78, 5) is 0. The average molecular weight is 285 g/mol. The Morgan fingerprint density at radius 2 is 1.95 bits per heavy atom. The fraction of sp³-hybridized carbons (Fsp3) is 0.188. The monoisotopic (exact) mass is 285 g/mol. The van der Waals surface area contributed by atoms with Crippen LogP contribution in [0.25, 0.3) is 11.0 Å². The summed E-state index contributed by atoms with van der Waals surface area (Å²) in [5.74, 6) is 1.57. The van der Waals surface area contributed by atoms with E-state index in [0.717, 1.165) is 40.1 Å². The minimum Gasteiger partial charge on any atom is -0.489 e. The van der Waals surface area contributed by atoms with Crippen molar-refractivity contribution >= 4 is 23.6 Å². The van der Waals surface area contributed by atoms with E-state index in [1.807, 2.05) is 48.5 Å². The van der Waals surface area contributed by atoms with Gasteiger partial charge < -0.3 is 9.26 Å². The molecule has 3 nitrogen and oxygen atoms in total. The van der Waals surface area contributed by atoms with Crippen molar-refractivity contribution in [3.63, 3.8) is 0 Å². The molecular weight excluding hydrogens is 270 g/mol. The maximum atomic E-state index is 5.81. The van der Waals surface area contributed by atoms with Crippen LogP contribution in [0.1, 0.15) is 11.3 Å². The summed E-state index contributed by atoms with van der Waals surface area (Å²) >= 11 is 4.23. The van der Waals surface area contributed by atoms with Crippen molar-refractivity contribution in [2.45, 2.75) is 13.0 Å². The molecule has 0 aliphatic rings. The van der Waals surface area contributed by atoms with Gasteiger partial charge in [0.1, 0.15) is 12.4 Å². The molecule has 0 bridgehead atoms. The number of aryl methyl sites for hydroxylation is 1. The number of benzene rings is 2. The van der Waals surface area contributed by atoms with Crippen LogP contribution in [-0.2, 0) is 13.0 Å². The van der Waals surface area contributed by atoms with Crippen LogP contribution < -0.4 is 4.74 Å². The molecule has 0 aliphatic heterocycles. The van der Waals surface area contributed by atoms with E-state index in [0.29, 0.717) is 6.61 Å². The zero-order valence-corrected chi connectivity index (χ0v) is 11.8. The van der Waals surface area contributed by atoms with Crippen LogP contribution in [-0.4, -0.2) is 10.9 Å². The van der Waals surface area contributed by atoms with Crippen LogP contribution in [0.2, 0.25) is 0 Å². The standard InChI is InChI=1S/C16H15NO2S/c20-9-8-15-14-10-13(6-7-16(14)19-17-15)18-11-12-4-2-1-3-5-12/h1-7,10,20H,8-9,11H2. The van der Waals surface area contributed by atoms with Crippen molar-refractivity contribution in [2.24, 2.45) is 0 Å². The average Bonchev–Trinajstić information content (AvgIpc) is 2.89. The number of hydrogen-bond acceptors (Lipinski definition) is 4. The highest BCUT2D eigenvalue weighted by Crippen LogP contribution is 2.25. The molecule has 4 heteroatoms. The number of nitrogens with zero attached hydrogens (tertiary/aromatic N) is 1. The first-order chi connectivity index (χ1) is 9.86. The highest BCUT2D eigenvalue weighted by atomic mass is 32.1. The Balaban J connectivity index is 1.79. The number of ether oxygens (including phenoxy) is 1. The minimum atomic E-state index is 0.555. The first kappa shape index (κ1) is 13.1. The van der Waals surface area contributed by atoms with Gasteiger partial charge in [-0.25, -0.2) is 0 Å². The lowest BCUT2D eigenvalue weighted by Crippen LogP contribution is -1.95. The van der Waals surface area contributed by atoms with E-state index in [2.05, 4.69) is 17.8 Å². The quantitative estimate of drug-likeness (QED) is 0.723. The molecule has 1 heterocycles. The summed E-state index contributed by atoms with van der Waals surface area (Å²) < 4.78 is 11.1. The molecule has 0 saturated heterocycles. The second-order valence-electron chi connectivity index (χ2n) is 4.54. The number of hydrogen-bond donors (Lipinski definition) is 1. The maximum absolute atomic E-state index is 5.81. The summed E-state index contributed by atoms with van der Waals surface area (Å²) in [6.07, 6.45) is 0.790. The van der Waals surface area contributed by atoms with Gasteiger partial charge in [0.05, 0.1) is 5.69 Å². The molecule has 1 aromatic heterocycles. The molecule has 0 amide bonds. The second-order valence-corrected chi connectivity index (χ2v) is 4.98. The van der Waals surface area contributed by atoms with Crippen LogP contribution >= 0.6 is 12.6 Å². The van der Waals surface area contributed by atoms with Gasteiger partial charge in [0.2, 0.25) is 0 Å². The largest absolute Gasteiger partial charge is 0.489 e. The normalized spacial score (nSPS) is 10.8. The summed E-state index contributed by atoms with van der Waals surface area (Å²) in [5.41, 5.74) is 2.86. The fourth-order valence-electron chi connectivity index (χ4n) is 2.08. The van der Waals surface area contributed by atoms with Crippen LogP contribution in [0.4, 0.5) is 0 Å². The fourth-order valence-corrected chi connectivity index (χ4v) is 2.30. The molecule has 0 atom stereocenters. The van der Waals surface area contributed by atoms with E-state index < -0.39 is 0 Å². The molecular formula is C16H15NO2S. The van der Waals surface area contributed by atoms with Crippen molar-refractivity contribution < 1.29 is 9.26 Å². The van der Waals surface area contributed by atoms with Crippen LogP contribution in [0.15, 0.2) is 53.1 Å². The first-order valence-electron chi connectivity index (χ1n) is 6.53. The molecule has 3 aromatic rings. The van der Waals surface area contributed by atoms with Crippen molar-refractivity contribution in [3.8, 4) is 5.75 Å². The van der Waals surface area contributed by atoms with Gasteiger partial charge in [-0.05, 0) is 29.5 Å². The van der Waals surface area contributed by atoms with Gasteiger partial charge in [-0.3, -0.25) is 0 Å². The zero-order chi connectivity index (χ0) is 13.8. The number of rotatable bonds is 5. The molecule has 0 saturated carbocycles. The smallest absolute Gasteiger partial charge is 0.167 e. The van der Waals surface area contributed by atoms with Gasteiger partial charge in [-0.2, -0.15) is 12.6 Å². The SMILES string of the molecule is SCCc1noc2ccc(OCc3ccccc3)cc12. The molecule has 102 valence electrons. The molecule has 20 heavy (non-hydrogen) atoms. The predicted molar refractivity (Wildman–Crippen MR) is 82.3 cm³/mol. The second kappa shape index (κ2) is 6.01. The highest BCUT2D eigenvalue weighted by Gasteiger charge is 2.08. The van der Waals surface area contributed by atoms with Crippen LogP contribution in [0, 0.1) is 0 Å². The topological polar surface area (TPSA) is 35.3 Å². The Morgan fingerprint density at radius 3 is 2.75 bits per heavy atom. The van der Waals surface area contributed by atoms with Crippen LogP contribution in [0.5, 0.6) is 5.75 Å². The predicted octanol–water partition coefficient (Wildman–Crippen LogP) is 3.88. The Morgan fingerprint density at radius 1 is 1.10 bits per heavy atom. The minimum absolute atomic E-state index is 0.555. The third-order valence-corrected chi connectivity index (χ3v) is 3.34. The summed E-state index contributed by atoms with van der Waals surface area (Å²) in [6, 6.07) is 15.9. The molecule has 0 N–H and O–H groups in total. The van der Waals surface area contributed by atoms with Gasteiger partial charge >= 0.3 is 0 Å². The highest BCUT2D eigenvalue weighted by molar-refractivity contribution is 7.80.